The molecule has 0 fully saturated rings. The quantitative estimate of drug-likeness (QED) is 0.475. The molecule has 0 bridgehead atoms. The van der Waals surface area contributed by atoms with Crippen LogP contribution in [0.1, 0.15) is 0 Å². The molecule has 2 amide bonds. The smallest absolute Gasteiger partial charge is 0.309 e. The number of hydrogen-bond acceptors (Lipinski definition) is 4. The van der Waals surface area contributed by atoms with Crippen LogP contribution in [0.5, 0.6) is 0 Å². The number of nitrogens with zero attached hydrogens (tertiary/aromatic N) is 2. The Balaban J connectivity index is 0. The lowest BCUT2D eigenvalue weighted by Gasteiger charge is -1.70. The van der Waals surface area contributed by atoms with E-state index in [0.717, 1.165) is 0 Å². The molecule has 0 unspecified atom stereocenters. The van der Waals surface area contributed by atoms with Gasteiger partial charge < -0.3 is 17.6 Å². The van der Waals surface area contributed by atoms with Gasteiger partial charge in [0.2, 0.25) is 0 Å². The first-order valence-corrected chi connectivity index (χ1v) is 2.48. The Hall–Kier alpha value is -1.69. The standard InChI is InChI=1S/C4H4N2.CH4N2O.H3N/c1-2-5-4-6-3-1;2-1(3)4;/h1-4H;(H4,2,3,4);1H3. The van der Waals surface area contributed by atoms with E-state index in [9.17, 15) is 0 Å². The lowest BCUT2D eigenvalue weighted by Crippen LogP contribution is -2.18. The predicted octanol–water partition coefficient (Wildman–Crippen LogP) is -0.338. The highest BCUT2D eigenvalue weighted by atomic mass is 16.2. The average Bonchev–Trinajstić information content (AvgIpc) is 1.90. The Morgan fingerprint density at radius 2 is 1.55 bits per heavy atom. The van der Waals surface area contributed by atoms with Crippen LogP contribution in [-0.2, 0) is 0 Å². The van der Waals surface area contributed by atoms with Crippen LogP contribution in [0.3, 0.4) is 0 Å². The van der Waals surface area contributed by atoms with Gasteiger partial charge in [0, 0.05) is 12.4 Å². The van der Waals surface area contributed by atoms with E-state index >= 15 is 0 Å². The Morgan fingerprint density at radius 1 is 1.18 bits per heavy atom. The van der Waals surface area contributed by atoms with Gasteiger partial charge in [-0.1, -0.05) is 0 Å². The van der Waals surface area contributed by atoms with E-state index in [1.807, 2.05) is 0 Å². The Kier molecular flexibility index (Phi) is 9.09. The number of primary amides is 2. The van der Waals surface area contributed by atoms with Crippen molar-refractivity contribution < 1.29 is 4.79 Å². The fraction of sp³-hybridized carbons (Fsp3) is 0. The van der Waals surface area contributed by atoms with E-state index in [1.165, 1.54) is 6.33 Å². The lowest BCUT2D eigenvalue weighted by atomic mass is 10.7. The van der Waals surface area contributed by atoms with E-state index in [0.29, 0.717) is 0 Å². The third-order valence-corrected chi connectivity index (χ3v) is 0.478. The van der Waals surface area contributed by atoms with Gasteiger partial charge >= 0.3 is 6.03 Å². The zero-order chi connectivity index (χ0) is 7.82. The van der Waals surface area contributed by atoms with Gasteiger partial charge in [-0.2, -0.15) is 0 Å². The summed E-state index contributed by atoms with van der Waals surface area (Å²) >= 11 is 0. The second-order valence-electron chi connectivity index (χ2n) is 1.31. The van der Waals surface area contributed by atoms with Gasteiger partial charge in [0.15, 0.2) is 0 Å². The molecular formula is C5H11N5O. The van der Waals surface area contributed by atoms with E-state index in [1.54, 1.807) is 18.5 Å². The van der Waals surface area contributed by atoms with E-state index < -0.39 is 6.03 Å². The summed E-state index contributed by atoms with van der Waals surface area (Å²) in [5, 5.41) is 0. The molecule has 0 aliphatic heterocycles. The summed E-state index contributed by atoms with van der Waals surface area (Å²) in [5.74, 6) is 0. The molecule has 7 N–H and O–H groups in total. The SMILES string of the molecule is N.NC(N)=O.c1cncnc1. The summed E-state index contributed by atoms with van der Waals surface area (Å²) in [4.78, 5) is 16.3. The number of nitrogens with two attached hydrogens (primary N) is 2. The normalized spacial score (nSPS) is 6.55. The summed E-state index contributed by atoms with van der Waals surface area (Å²) in [5.41, 5.74) is 8.50. The molecule has 0 radical (unpaired) electrons. The van der Waals surface area contributed by atoms with Crippen LogP contribution in [0, 0.1) is 0 Å². The van der Waals surface area contributed by atoms with Crippen molar-refractivity contribution >= 4 is 6.03 Å². The molecule has 1 heterocycles. The Morgan fingerprint density at radius 3 is 1.64 bits per heavy atom. The van der Waals surface area contributed by atoms with Crippen molar-refractivity contribution in [3.8, 4) is 0 Å². The summed E-state index contributed by atoms with van der Waals surface area (Å²) in [6.07, 6.45) is 4.88. The highest BCUT2D eigenvalue weighted by Gasteiger charge is 1.60. The molecule has 0 aliphatic rings. The van der Waals surface area contributed by atoms with Gasteiger partial charge in [0.05, 0.1) is 0 Å². The monoisotopic (exact) mass is 157 g/mol. The minimum Gasteiger partial charge on any atom is -0.352 e. The molecular weight excluding hydrogens is 146 g/mol. The number of amides is 2. The van der Waals surface area contributed by atoms with Crippen LogP contribution in [0.25, 0.3) is 0 Å². The molecule has 0 saturated carbocycles. The van der Waals surface area contributed by atoms with Gasteiger partial charge in [-0.15, -0.1) is 0 Å². The highest BCUT2D eigenvalue weighted by molar-refractivity contribution is 5.69. The Bertz CT molecular complexity index is 147. The summed E-state index contributed by atoms with van der Waals surface area (Å²) in [7, 11) is 0. The molecule has 1 aromatic rings. The first-order valence-electron chi connectivity index (χ1n) is 2.48. The zero-order valence-electron chi connectivity index (χ0n) is 5.97. The minimum atomic E-state index is -0.833. The number of rotatable bonds is 0. The second-order valence-corrected chi connectivity index (χ2v) is 1.31. The number of carbonyl (C=O) groups is 1. The van der Waals surface area contributed by atoms with Crippen molar-refractivity contribution in [3.05, 3.63) is 24.8 Å². The molecule has 62 valence electrons. The van der Waals surface area contributed by atoms with Gasteiger partial charge in [0.25, 0.3) is 0 Å². The van der Waals surface area contributed by atoms with Gasteiger partial charge in [0.1, 0.15) is 6.33 Å². The topological polar surface area (TPSA) is 130 Å². The van der Waals surface area contributed by atoms with Gasteiger partial charge in [-0.05, 0) is 6.07 Å². The summed E-state index contributed by atoms with van der Waals surface area (Å²) < 4.78 is 0. The molecule has 1 rings (SSSR count). The number of carbonyl (C=O) groups excluding carboxylic acids is 1. The molecule has 0 aliphatic carbocycles. The summed E-state index contributed by atoms with van der Waals surface area (Å²) in [6.45, 7) is 0. The van der Waals surface area contributed by atoms with Crippen LogP contribution in [0.4, 0.5) is 4.79 Å². The molecule has 0 aromatic carbocycles. The fourth-order valence-electron chi connectivity index (χ4n) is 0.253. The first-order chi connectivity index (χ1) is 4.73. The number of hydrogen-bond donors (Lipinski definition) is 3. The summed E-state index contributed by atoms with van der Waals surface area (Å²) in [6, 6.07) is 0.944. The molecule has 0 atom stereocenters. The molecule has 0 spiro atoms. The third-order valence-electron chi connectivity index (χ3n) is 0.478. The third kappa shape index (κ3) is 17.8. The van der Waals surface area contributed by atoms with Gasteiger partial charge in [-0.25, -0.2) is 14.8 Å². The average molecular weight is 157 g/mol. The van der Waals surface area contributed by atoms with Crippen molar-refractivity contribution in [2.45, 2.75) is 0 Å². The number of aromatic nitrogens is 2. The van der Waals surface area contributed by atoms with Crippen molar-refractivity contribution in [2.24, 2.45) is 11.5 Å². The van der Waals surface area contributed by atoms with Crippen LogP contribution < -0.4 is 17.6 Å². The van der Waals surface area contributed by atoms with Crippen molar-refractivity contribution in [3.63, 3.8) is 0 Å². The predicted molar refractivity (Wildman–Crippen MR) is 40.8 cm³/mol. The number of urea groups is 1. The molecule has 11 heavy (non-hydrogen) atoms. The highest BCUT2D eigenvalue weighted by Crippen LogP contribution is 1.66. The molecule has 6 nitrogen and oxygen atoms in total. The van der Waals surface area contributed by atoms with Crippen molar-refractivity contribution in [1.82, 2.24) is 16.1 Å². The fourth-order valence-corrected chi connectivity index (χ4v) is 0.253. The van der Waals surface area contributed by atoms with Crippen molar-refractivity contribution in [2.75, 3.05) is 0 Å². The minimum absolute atomic E-state index is 0. The van der Waals surface area contributed by atoms with E-state index in [-0.39, 0.29) is 6.15 Å². The maximum Gasteiger partial charge on any atom is 0.309 e. The maximum absolute atomic E-state index is 9.00. The van der Waals surface area contributed by atoms with E-state index in [2.05, 4.69) is 21.4 Å². The lowest BCUT2D eigenvalue weighted by molar-refractivity contribution is 0.256. The van der Waals surface area contributed by atoms with Crippen LogP contribution in [0.2, 0.25) is 0 Å². The first kappa shape index (κ1) is 12.0. The van der Waals surface area contributed by atoms with Crippen LogP contribution in [0.15, 0.2) is 24.8 Å². The van der Waals surface area contributed by atoms with Crippen LogP contribution >= 0.6 is 0 Å². The Labute approximate surface area is 64.2 Å². The largest absolute Gasteiger partial charge is 0.352 e. The van der Waals surface area contributed by atoms with Crippen molar-refractivity contribution in [1.29, 1.82) is 0 Å². The zero-order valence-corrected chi connectivity index (χ0v) is 5.97. The molecule has 1 aromatic heterocycles. The molecule has 6 heteroatoms. The van der Waals surface area contributed by atoms with Crippen LogP contribution in [-0.4, -0.2) is 16.0 Å². The molecule has 0 saturated heterocycles. The van der Waals surface area contributed by atoms with Gasteiger partial charge in [-0.3, -0.25) is 0 Å². The maximum atomic E-state index is 9.00. The second kappa shape index (κ2) is 8.31. The van der Waals surface area contributed by atoms with E-state index in [4.69, 9.17) is 4.79 Å².